The maximum absolute atomic E-state index is 5.50. The van der Waals surface area contributed by atoms with Crippen LogP contribution >= 0.6 is 11.3 Å². The van der Waals surface area contributed by atoms with Crippen molar-refractivity contribution in [2.75, 3.05) is 5.32 Å². The van der Waals surface area contributed by atoms with Gasteiger partial charge in [-0.2, -0.15) is 0 Å². The molecule has 0 radical (unpaired) electrons. The van der Waals surface area contributed by atoms with Gasteiger partial charge in [-0.1, -0.05) is 12.1 Å². The van der Waals surface area contributed by atoms with Crippen LogP contribution in [0.15, 0.2) is 34.2 Å². The first-order valence-electron chi connectivity index (χ1n) is 6.26. The third kappa shape index (κ3) is 2.55. The highest BCUT2D eigenvalue weighted by Crippen LogP contribution is 2.27. The lowest BCUT2D eigenvalue weighted by atomic mass is 10.1. The predicted octanol–water partition coefficient (Wildman–Crippen LogP) is 3.42. The first-order chi connectivity index (χ1) is 9.74. The molecule has 0 fully saturated rings. The van der Waals surface area contributed by atoms with Gasteiger partial charge in [0, 0.05) is 17.5 Å². The molecule has 1 N–H and O–H groups in total. The molecule has 3 rings (SSSR count). The number of para-hydroxylation sites is 1. The van der Waals surface area contributed by atoms with E-state index in [0.29, 0.717) is 11.8 Å². The van der Waals surface area contributed by atoms with E-state index in [0.717, 1.165) is 23.5 Å². The molecule has 0 spiro atoms. The lowest BCUT2D eigenvalue weighted by Gasteiger charge is -2.08. The number of hydrogen-bond acceptors (Lipinski definition) is 6. The molecule has 0 atom stereocenters. The molecular weight excluding hydrogens is 272 g/mol. The van der Waals surface area contributed by atoms with E-state index in [1.165, 1.54) is 4.88 Å². The Kier molecular flexibility index (Phi) is 3.47. The first kappa shape index (κ1) is 12.8. The number of aromatic nitrogens is 3. The summed E-state index contributed by atoms with van der Waals surface area (Å²) in [5.41, 5.74) is 4.81. The van der Waals surface area contributed by atoms with Crippen molar-refractivity contribution in [3.05, 3.63) is 46.2 Å². The second kappa shape index (κ2) is 5.42. The molecule has 3 aromatic rings. The fraction of sp³-hybridized carbons (Fsp3) is 0.214. The van der Waals surface area contributed by atoms with Crippen molar-refractivity contribution in [1.29, 1.82) is 0 Å². The molecule has 0 aliphatic heterocycles. The average molecular weight is 286 g/mol. The van der Waals surface area contributed by atoms with E-state index < -0.39 is 0 Å². The Hall–Kier alpha value is -2.21. The van der Waals surface area contributed by atoms with Crippen LogP contribution in [-0.2, 0) is 6.54 Å². The maximum atomic E-state index is 5.50. The van der Waals surface area contributed by atoms with Crippen LogP contribution in [0, 0.1) is 13.8 Å². The summed E-state index contributed by atoms with van der Waals surface area (Å²) in [5.74, 6) is 1.10. The quantitative estimate of drug-likeness (QED) is 0.796. The van der Waals surface area contributed by atoms with E-state index >= 15 is 0 Å². The zero-order chi connectivity index (χ0) is 13.9. The Bertz CT molecular complexity index is 719. The zero-order valence-corrected chi connectivity index (χ0v) is 12.1. The van der Waals surface area contributed by atoms with Crippen LogP contribution in [0.25, 0.3) is 11.5 Å². The standard InChI is InChI=1S/C14H14N4OS/c1-9-13(20-8-16-9)7-15-12-6-4-3-5-11(12)14-18-17-10(2)19-14/h3-6,8,15H,7H2,1-2H3. The van der Waals surface area contributed by atoms with Crippen LogP contribution in [-0.4, -0.2) is 15.2 Å². The van der Waals surface area contributed by atoms with E-state index in [1.54, 1.807) is 18.3 Å². The largest absolute Gasteiger partial charge is 0.421 e. The number of rotatable bonds is 4. The van der Waals surface area contributed by atoms with Gasteiger partial charge in [-0.15, -0.1) is 21.5 Å². The van der Waals surface area contributed by atoms with Gasteiger partial charge in [0.05, 0.1) is 23.3 Å². The van der Waals surface area contributed by atoms with Gasteiger partial charge in [0.15, 0.2) is 0 Å². The van der Waals surface area contributed by atoms with Crippen LogP contribution in [0.2, 0.25) is 0 Å². The van der Waals surface area contributed by atoms with Crippen molar-refractivity contribution in [1.82, 2.24) is 15.2 Å². The van der Waals surface area contributed by atoms with E-state index in [1.807, 2.05) is 36.7 Å². The Balaban J connectivity index is 1.85. The average Bonchev–Trinajstić information content (AvgIpc) is 3.06. The minimum Gasteiger partial charge on any atom is -0.421 e. The van der Waals surface area contributed by atoms with Gasteiger partial charge >= 0.3 is 0 Å². The van der Waals surface area contributed by atoms with Crippen LogP contribution in [0.1, 0.15) is 16.5 Å². The van der Waals surface area contributed by atoms with E-state index in [4.69, 9.17) is 4.42 Å². The molecule has 102 valence electrons. The highest BCUT2D eigenvalue weighted by atomic mass is 32.1. The molecule has 20 heavy (non-hydrogen) atoms. The molecule has 1 aromatic carbocycles. The van der Waals surface area contributed by atoms with E-state index in [2.05, 4.69) is 20.5 Å². The lowest BCUT2D eigenvalue weighted by molar-refractivity contribution is 0.533. The molecular formula is C14H14N4OS. The van der Waals surface area contributed by atoms with E-state index in [-0.39, 0.29) is 0 Å². The van der Waals surface area contributed by atoms with Crippen molar-refractivity contribution in [3.63, 3.8) is 0 Å². The van der Waals surface area contributed by atoms with Crippen LogP contribution < -0.4 is 5.32 Å². The van der Waals surface area contributed by atoms with Crippen LogP contribution in [0.4, 0.5) is 5.69 Å². The van der Waals surface area contributed by atoms with Gasteiger partial charge in [-0.3, -0.25) is 0 Å². The predicted molar refractivity (Wildman–Crippen MR) is 78.6 cm³/mol. The van der Waals surface area contributed by atoms with Crippen molar-refractivity contribution in [3.8, 4) is 11.5 Å². The summed E-state index contributed by atoms with van der Waals surface area (Å²) in [6, 6.07) is 7.91. The maximum Gasteiger partial charge on any atom is 0.249 e. The Morgan fingerprint density at radius 2 is 2.05 bits per heavy atom. The zero-order valence-electron chi connectivity index (χ0n) is 11.3. The van der Waals surface area contributed by atoms with Crippen molar-refractivity contribution in [2.24, 2.45) is 0 Å². The summed E-state index contributed by atoms with van der Waals surface area (Å²) >= 11 is 1.65. The Labute approximate surface area is 120 Å². The molecule has 0 bridgehead atoms. The number of thiazole rings is 1. The fourth-order valence-electron chi connectivity index (χ4n) is 1.90. The molecule has 0 unspecified atom stereocenters. The van der Waals surface area contributed by atoms with Gasteiger partial charge in [-0.05, 0) is 19.1 Å². The lowest BCUT2D eigenvalue weighted by Crippen LogP contribution is -2.00. The molecule has 0 aliphatic carbocycles. The summed E-state index contributed by atoms with van der Waals surface area (Å²) in [7, 11) is 0. The van der Waals surface area contributed by atoms with Gasteiger partial charge in [0.25, 0.3) is 0 Å². The Morgan fingerprint density at radius 3 is 2.75 bits per heavy atom. The molecule has 6 heteroatoms. The molecule has 2 aromatic heterocycles. The van der Waals surface area contributed by atoms with Gasteiger partial charge < -0.3 is 9.73 Å². The fourth-order valence-corrected chi connectivity index (χ4v) is 2.62. The summed E-state index contributed by atoms with van der Waals surface area (Å²) in [6.45, 7) is 4.54. The van der Waals surface area contributed by atoms with Crippen molar-refractivity contribution in [2.45, 2.75) is 20.4 Å². The monoisotopic (exact) mass is 286 g/mol. The minimum absolute atomic E-state index is 0.534. The highest BCUT2D eigenvalue weighted by molar-refractivity contribution is 7.09. The second-order valence-electron chi connectivity index (χ2n) is 4.39. The number of nitrogens with zero attached hydrogens (tertiary/aromatic N) is 3. The van der Waals surface area contributed by atoms with E-state index in [9.17, 15) is 0 Å². The molecule has 0 saturated carbocycles. The van der Waals surface area contributed by atoms with Gasteiger partial charge in [0.2, 0.25) is 11.8 Å². The van der Waals surface area contributed by atoms with Gasteiger partial charge in [-0.25, -0.2) is 4.98 Å². The number of hydrogen-bond donors (Lipinski definition) is 1. The highest BCUT2D eigenvalue weighted by Gasteiger charge is 2.11. The SMILES string of the molecule is Cc1nnc(-c2ccccc2NCc2scnc2C)o1. The molecule has 0 aliphatic rings. The summed E-state index contributed by atoms with van der Waals surface area (Å²) in [4.78, 5) is 5.47. The van der Waals surface area contributed by atoms with Crippen molar-refractivity contribution < 1.29 is 4.42 Å². The smallest absolute Gasteiger partial charge is 0.249 e. The molecule has 5 nitrogen and oxygen atoms in total. The normalized spacial score (nSPS) is 10.7. The number of aryl methyl sites for hydroxylation is 2. The van der Waals surface area contributed by atoms with Crippen LogP contribution in [0.3, 0.4) is 0 Å². The number of anilines is 1. The summed E-state index contributed by atoms with van der Waals surface area (Å²) in [6.07, 6.45) is 0. The third-order valence-corrected chi connectivity index (χ3v) is 3.90. The van der Waals surface area contributed by atoms with Gasteiger partial charge in [0.1, 0.15) is 0 Å². The number of nitrogens with one attached hydrogen (secondary N) is 1. The van der Waals surface area contributed by atoms with Crippen LogP contribution in [0.5, 0.6) is 0 Å². The summed E-state index contributed by atoms with van der Waals surface area (Å²) < 4.78 is 5.50. The molecule has 2 heterocycles. The van der Waals surface area contributed by atoms with Crippen molar-refractivity contribution >= 4 is 17.0 Å². The third-order valence-electron chi connectivity index (χ3n) is 2.97. The summed E-state index contributed by atoms with van der Waals surface area (Å²) in [5, 5.41) is 11.4. The molecule has 0 saturated heterocycles. The minimum atomic E-state index is 0.534. The molecule has 0 amide bonds. The second-order valence-corrected chi connectivity index (χ2v) is 5.33. The Morgan fingerprint density at radius 1 is 1.20 bits per heavy atom. The topological polar surface area (TPSA) is 63.8 Å². The first-order valence-corrected chi connectivity index (χ1v) is 7.14. The number of benzene rings is 1.